The average molecular weight is 346 g/mol. The fourth-order valence-corrected chi connectivity index (χ4v) is 3.09. The van der Waals surface area contributed by atoms with E-state index in [1.807, 2.05) is 64.8 Å². The Morgan fingerprint density at radius 2 is 1.88 bits per heavy atom. The monoisotopic (exact) mass is 346 g/mol. The first-order valence-corrected chi connectivity index (χ1v) is 8.58. The SMILES string of the molecule is Cc1cccc(C)c1OC[C@H](O)CNCc1c(C)nn(C)c1N(C)C. The van der Waals surface area contributed by atoms with Gasteiger partial charge in [-0.2, -0.15) is 5.10 Å². The Morgan fingerprint density at radius 1 is 1.24 bits per heavy atom. The Bertz CT molecular complexity index is 689. The highest BCUT2D eigenvalue weighted by Gasteiger charge is 2.15. The molecule has 0 amide bonds. The molecule has 0 radical (unpaired) electrons. The molecule has 0 aliphatic rings. The molecular weight excluding hydrogens is 316 g/mol. The van der Waals surface area contributed by atoms with E-state index in [0.29, 0.717) is 13.1 Å². The number of aryl methyl sites for hydroxylation is 4. The summed E-state index contributed by atoms with van der Waals surface area (Å²) < 4.78 is 7.69. The van der Waals surface area contributed by atoms with E-state index in [1.165, 1.54) is 0 Å². The van der Waals surface area contributed by atoms with Crippen molar-refractivity contribution >= 4 is 5.82 Å². The van der Waals surface area contributed by atoms with Gasteiger partial charge in [0.1, 0.15) is 24.3 Å². The Morgan fingerprint density at radius 3 is 2.48 bits per heavy atom. The van der Waals surface area contributed by atoms with Crippen molar-refractivity contribution in [2.24, 2.45) is 7.05 Å². The number of hydrogen-bond donors (Lipinski definition) is 2. The molecule has 2 aromatic rings. The van der Waals surface area contributed by atoms with Crippen LogP contribution in [0.3, 0.4) is 0 Å². The van der Waals surface area contributed by atoms with Crippen molar-refractivity contribution in [2.75, 3.05) is 32.1 Å². The van der Waals surface area contributed by atoms with Crippen LogP contribution in [0.2, 0.25) is 0 Å². The molecule has 1 aromatic heterocycles. The Balaban J connectivity index is 1.86. The molecule has 6 nitrogen and oxygen atoms in total. The third-order valence-electron chi connectivity index (χ3n) is 4.25. The van der Waals surface area contributed by atoms with Crippen LogP contribution in [-0.4, -0.2) is 48.2 Å². The molecule has 0 unspecified atom stereocenters. The first kappa shape index (κ1) is 19.3. The number of aromatic nitrogens is 2. The van der Waals surface area contributed by atoms with Crippen LogP contribution >= 0.6 is 0 Å². The molecule has 0 bridgehead atoms. The van der Waals surface area contributed by atoms with Crippen molar-refractivity contribution in [1.82, 2.24) is 15.1 Å². The first-order valence-electron chi connectivity index (χ1n) is 8.58. The van der Waals surface area contributed by atoms with E-state index >= 15 is 0 Å². The fourth-order valence-electron chi connectivity index (χ4n) is 3.09. The molecule has 0 spiro atoms. The molecule has 2 rings (SSSR count). The van der Waals surface area contributed by atoms with Crippen LogP contribution in [-0.2, 0) is 13.6 Å². The summed E-state index contributed by atoms with van der Waals surface area (Å²) in [6.07, 6.45) is -0.571. The maximum Gasteiger partial charge on any atom is 0.130 e. The molecule has 0 saturated carbocycles. The second kappa shape index (κ2) is 8.36. The standard InChI is InChI=1S/C19H30N4O2/c1-13-8-7-9-14(2)18(13)25-12-16(24)10-20-11-17-15(3)21-23(6)19(17)22(4)5/h7-9,16,20,24H,10-12H2,1-6H3/t16-/m1/s1. The Labute approximate surface area is 150 Å². The van der Waals surface area contributed by atoms with Crippen LogP contribution in [0, 0.1) is 20.8 Å². The van der Waals surface area contributed by atoms with E-state index in [4.69, 9.17) is 4.74 Å². The highest BCUT2D eigenvalue weighted by molar-refractivity contribution is 5.48. The largest absolute Gasteiger partial charge is 0.490 e. The van der Waals surface area contributed by atoms with Gasteiger partial charge in [0.25, 0.3) is 0 Å². The maximum absolute atomic E-state index is 10.2. The van der Waals surface area contributed by atoms with Gasteiger partial charge in [-0.05, 0) is 31.9 Å². The summed E-state index contributed by atoms with van der Waals surface area (Å²) in [5.74, 6) is 1.94. The van der Waals surface area contributed by atoms with Gasteiger partial charge >= 0.3 is 0 Å². The fraction of sp³-hybridized carbons (Fsp3) is 0.526. The normalized spacial score (nSPS) is 12.3. The van der Waals surface area contributed by atoms with Gasteiger partial charge in [-0.15, -0.1) is 0 Å². The lowest BCUT2D eigenvalue weighted by Crippen LogP contribution is -2.31. The molecular formula is C19H30N4O2. The van der Waals surface area contributed by atoms with Crippen LogP contribution in [0.25, 0.3) is 0 Å². The molecule has 0 saturated heterocycles. The van der Waals surface area contributed by atoms with Gasteiger partial charge in [0.15, 0.2) is 0 Å². The van der Waals surface area contributed by atoms with Crippen molar-refractivity contribution in [3.8, 4) is 5.75 Å². The van der Waals surface area contributed by atoms with E-state index in [2.05, 4.69) is 15.3 Å². The molecule has 0 aliphatic carbocycles. The number of benzene rings is 1. The first-order chi connectivity index (χ1) is 11.8. The molecule has 25 heavy (non-hydrogen) atoms. The lowest BCUT2D eigenvalue weighted by molar-refractivity contribution is 0.105. The number of rotatable bonds is 8. The highest BCUT2D eigenvalue weighted by atomic mass is 16.5. The third-order valence-corrected chi connectivity index (χ3v) is 4.25. The van der Waals surface area contributed by atoms with E-state index in [1.54, 1.807) is 0 Å². The minimum atomic E-state index is -0.571. The van der Waals surface area contributed by atoms with Crippen molar-refractivity contribution in [3.05, 3.63) is 40.6 Å². The number of hydrogen-bond acceptors (Lipinski definition) is 5. The number of aliphatic hydroxyl groups excluding tert-OH is 1. The van der Waals surface area contributed by atoms with Crippen molar-refractivity contribution < 1.29 is 9.84 Å². The van der Waals surface area contributed by atoms with E-state index < -0.39 is 6.10 Å². The number of aliphatic hydroxyl groups is 1. The summed E-state index contributed by atoms with van der Waals surface area (Å²) in [6.45, 7) is 7.43. The number of ether oxygens (including phenoxy) is 1. The van der Waals surface area contributed by atoms with Gasteiger partial charge in [0, 0.05) is 39.8 Å². The summed E-state index contributed by atoms with van der Waals surface area (Å²) in [6, 6.07) is 6.04. The van der Waals surface area contributed by atoms with Crippen LogP contribution in [0.15, 0.2) is 18.2 Å². The second-order valence-corrected chi connectivity index (χ2v) is 6.72. The van der Waals surface area contributed by atoms with Crippen molar-refractivity contribution in [2.45, 2.75) is 33.4 Å². The predicted molar refractivity (Wildman–Crippen MR) is 101 cm³/mol. The lowest BCUT2D eigenvalue weighted by Gasteiger charge is -2.18. The number of nitrogens with one attached hydrogen (secondary N) is 1. The minimum absolute atomic E-state index is 0.269. The van der Waals surface area contributed by atoms with Gasteiger partial charge in [0.2, 0.25) is 0 Å². The Kier molecular flexibility index (Phi) is 6.45. The summed E-state index contributed by atoms with van der Waals surface area (Å²) in [4.78, 5) is 2.05. The van der Waals surface area contributed by atoms with Gasteiger partial charge in [-0.1, -0.05) is 18.2 Å². The zero-order chi connectivity index (χ0) is 18.6. The molecule has 0 fully saturated rings. The number of para-hydroxylation sites is 1. The quantitative estimate of drug-likeness (QED) is 0.765. The summed E-state index contributed by atoms with van der Waals surface area (Å²) in [7, 11) is 5.96. The molecule has 1 aromatic carbocycles. The topological polar surface area (TPSA) is 62.6 Å². The van der Waals surface area contributed by atoms with Crippen molar-refractivity contribution in [3.63, 3.8) is 0 Å². The van der Waals surface area contributed by atoms with Gasteiger partial charge in [-0.25, -0.2) is 0 Å². The number of anilines is 1. The highest BCUT2D eigenvalue weighted by Crippen LogP contribution is 2.23. The molecule has 2 N–H and O–H groups in total. The van der Waals surface area contributed by atoms with Gasteiger partial charge in [-0.3, -0.25) is 4.68 Å². The van der Waals surface area contributed by atoms with E-state index in [0.717, 1.165) is 34.0 Å². The minimum Gasteiger partial charge on any atom is -0.490 e. The van der Waals surface area contributed by atoms with Crippen LogP contribution in [0.1, 0.15) is 22.4 Å². The maximum atomic E-state index is 10.2. The van der Waals surface area contributed by atoms with Crippen LogP contribution < -0.4 is 15.0 Å². The molecule has 1 atom stereocenters. The zero-order valence-corrected chi connectivity index (χ0v) is 16.1. The summed E-state index contributed by atoms with van der Waals surface area (Å²) in [5.41, 5.74) is 4.32. The van der Waals surface area contributed by atoms with E-state index in [9.17, 15) is 5.11 Å². The summed E-state index contributed by atoms with van der Waals surface area (Å²) in [5, 5.41) is 18.0. The zero-order valence-electron chi connectivity index (χ0n) is 16.1. The molecule has 1 heterocycles. The second-order valence-electron chi connectivity index (χ2n) is 6.72. The van der Waals surface area contributed by atoms with Gasteiger partial charge < -0.3 is 20.1 Å². The van der Waals surface area contributed by atoms with E-state index in [-0.39, 0.29) is 6.61 Å². The third kappa shape index (κ3) is 4.74. The number of nitrogens with zero attached hydrogens (tertiary/aromatic N) is 3. The molecule has 6 heteroatoms. The molecule has 0 aliphatic heterocycles. The Hall–Kier alpha value is -2.05. The van der Waals surface area contributed by atoms with Crippen LogP contribution in [0.5, 0.6) is 5.75 Å². The molecule has 138 valence electrons. The lowest BCUT2D eigenvalue weighted by atomic mass is 10.1. The average Bonchev–Trinajstić information content (AvgIpc) is 2.81. The van der Waals surface area contributed by atoms with Crippen molar-refractivity contribution in [1.29, 1.82) is 0 Å². The smallest absolute Gasteiger partial charge is 0.130 e. The van der Waals surface area contributed by atoms with Gasteiger partial charge in [0.05, 0.1) is 5.69 Å². The van der Waals surface area contributed by atoms with Crippen LogP contribution in [0.4, 0.5) is 5.82 Å². The summed E-state index contributed by atoms with van der Waals surface area (Å²) >= 11 is 0. The predicted octanol–water partition coefficient (Wildman–Crippen LogP) is 1.94.